The van der Waals surface area contributed by atoms with Crippen LogP contribution in [-0.4, -0.2) is 48.8 Å². The lowest BCUT2D eigenvalue weighted by Gasteiger charge is -2.23. The monoisotopic (exact) mass is 229 g/mol. The normalized spacial score (nSPS) is 26.1. The van der Waals surface area contributed by atoms with Crippen molar-refractivity contribution in [1.29, 1.82) is 0 Å². The molecule has 0 aromatic rings. The van der Waals surface area contributed by atoms with Gasteiger partial charge in [0.1, 0.15) is 0 Å². The first kappa shape index (κ1) is 13.5. The van der Waals surface area contributed by atoms with Crippen LogP contribution in [0.4, 0.5) is 0 Å². The number of carboxylic acids is 1. The molecule has 1 heterocycles. The maximum absolute atomic E-state index is 11.2. The summed E-state index contributed by atoms with van der Waals surface area (Å²) in [6.45, 7) is 7.98. The highest BCUT2D eigenvalue weighted by atomic mass is 16.5. The van der Waals surface area contributed by atoms with E-state index >= 15 is 0 Å². The number of ether oxygens (including phenoxy) is 1. The number of hydrogen-bond donors (Lipinski definition) is 1. The molecule has 1 rings (SSSR count). The fourth-order valence-electron chi connectivity index (χ4n) is 2.20. The molecule has 1 unspecified atom stereocenters. The molecule has 16 heavy (non-hydrogen) atoms. The second kappa shape index (κ2) is 6.21. The van der Waals surface area contributed by atoms with Crippen molar-refractivity contribution in [2.24, 2.45) is 5.41 Å². The molecule has 1 aliphatic heterocycles. The van der Waals surface area contributed by atoms with Gasteiger partial charge in [0.05, 0.1) is 12.0 Å². The van der Waals surface area contributed by atoms with Gasteiger partial charge in [0.25, 0.3) is 0 Å². The Morgan fingerprint density at radius 1 is 1.44 bits per heavy atom. The van der Waals surface area contributed by atoms with Gasteiger partial charge in [-0.25, -0.2) is 0 Å². The molecule has 0 saturated carbocycles. The number of rotatable bonds is 7. The summed E-state index contributed by atoms with van der Waals surface area (Å²) >= 11 is 0. The standard InChI is InChI=1S/C12H23NO3/c1-3-8-16-9-7-13-6-5-12(4-2,10-13)11(14)15/h3-10H2,1-2H3,(H,14,15). The van der Waals surface area contributed by atoms with Crippen molar-refractivity contribution in [1.82, 2.24) is 4.90 Å². The van der Waals surface area contributed by atoms with Gasteiger partial charge in [-0.05, 0) is 25.8 Å². The topological polar surface area (TPSA) is 49.8 Å². The largest absolute Gasteiger partial charge is 0.481 e. The zero-order chi connectivity index (χ0) is 12.0. The molecule has 1 saturated heterocycles. The average molecular weight is 229 g/mol. The van der Waals surface area contributed by atoms with Crippen molar-refractivity contribution in [3.8, 4) is 0 Å². The molecular formula is C12H23NO3. The molecule has 1 N–H and O–H groups in total. The van der Waals surface area contributed by atoms with Crippen molar-refractivity contribution in [2.45, 2.75) is 33.1 Å². The summed E-state index contributed by atoms with van der Waals surface area (Å²) in [7, 11) is 0. The molecule has 1 aliphatic rings. The van der Waals surface area contributed by atoms with Gasteiger partial charge in [-0.2, -0.15) is 0 Å². The highest BCUT2D eigenvalue weighted by Gasteiger charge is 2.42. The van der Waals surface area contributed by atoms with Gasteiger partial charge in [-0.3, -0.25) is 9.69 Å². The summed E-state index contributed by atoms with van der Waals surface area (Å²) in [6.07, 6.45) is 2.52. The van der Waals surface area contributed by atoms with Gasteiger partial charge in [-0.15, -0.1) is 0 Å². The number of hydrogen-bond acceptors (Lipinski definition) is 3. The third kappa shape index (κ3) is 3.19. The summed E-state index contributed by atoms with van der Waals surface area (Å²) < 4.78 is 5.42. The van der Waals surface area contributed by atoms with E-state index in [4.69, 9.17) is 4.74 Å². The van der Waals surface area contributed by atoms with E-state index in [9.17, 15) is 9.90 Å². The maximum atomic E-state index is 11.2. The lowest BCUT2D eigenvalue weighted by molar-refractivity contribution is -0.148. The lowest BCUT2D eigenvalue weighted by Crippen LogP contribution is -2.35. The van der Waals surface area contributed by atoms with E-state index in [1.165, 1.54) is 0 Å². The minimum absolute atomic E-state index is 0.509. The molecule has 0 bridgehead atoms. The lowest BCUT2D eigenvalue weighted by atomic mass is 9.84. The van der Waals surface area contributed by atoms with E-state index < -0.39 is 11.4 Å². The highest BCUT2D eigenvalue weighted by Crippen LogP contribution is 2.33. The molecule has 94 valence electrons. The molecular weight excluding hydrogens is 206 g/mol. The van der Waals surface area contributed by atoms with Gasteiger partial charge in [0.2, 0.25) is 0 Å². The van der Waals surface area contributed by atoms with Gasteiger partial charge in [0, 0.05) is 19.7 Å². The van der Waals surface area contributed by atoms with Crippen molar-refractivity contribution in [3.05, 3.63) is 0 Å². The Kier molecular flexibility index (Phi) is 5.22. The summed E-state index contributed by atoms with van der Waals surface area (Å²) in [5, 5.41) is 9.23. The summed E-state index contributed by atoms with van der Waals surface area (Å²) in [5.41, 5.74) is -0.509. The first-order chi connectivity index (χ1) is 7.64. The SMILES string of the molecule is CCCOCCN1CCC(CC)(C(=O)O)C1. The van der Waals surface area contributed by atoms with Gasteiger partial charge >= 0.3 is 5.97 Å². The zero-order valence-electron chi connectivity index (χ0n) is 10.4. The number of nitrogens with zero attached hydrogens (tertiary/aromatic N) is 1. The van der Waals surface area contributed by atoms with Crippen LogP contribution >= 0.6 is 0 Å². The predicted molar refractivity (Wildman–Crippen MR) is 62.5 cm³/mol. The Morgan fingerprint density at radius 2 is 2.19 bits per heavy atom. The second-order valence-corrected chi connectivity index (χ2v) is 4.58. The molecule has 4 heteroatoms. The van der Waals surface area contributed by atoms with E-state index in [0.29, 0.717) is 19.6 Å². The maximum Gasteiger partial charge on any atom is 0.310 e. The number of aliphatic carboxylic acids is 1. The van der Waals surface area contributed by atoms with Gasteiger partial charge < -0.3 is 9.84 Å². The first-order valence-electron chi connectivity index (χ1n) is 6.18. The minimum atomic E-state index is -0.646. The first-order valence-corrected chi connectivity index (χ1v) is 6.18. The average Bonchev–Trinajstić information content (AvgIpc) is 2.69. The van der Waals surface area contributed by atoms with Crippen LogP contribution in [0.1, 0.15) is 33.1 Å². The van der Waals surface area contributed by atoms with Gasteiger partial charge in [-0.1, -0.05) is 13.8 Å². The third-order valence-electron chi connectivity index (χ3n) is 3.46. The summed E-state index contributed by atoms with van der Waals surface area (Å²) in [4.78, 5) is 13.4. The highest BCUT2D eigenvalue weighted by molar-refractivity contribution is 5.75. The predicted octanol–water partition coefficient (Wildman–Crippen LogP) is 1.60. The van der Waals surface area contributed by atoms with E-state index in [2.05, 4.69) is 11.8 Å². The van der Waals surface area contributed by atoms with E-state index in [1.807, 2.05) is 6.92 Å². The summed E-state index contributed by atoms with van der Waals surface area (Å²) in [5.74, 6) is -0.646. The Morgan fingerprint density at radius 3 is 2.69 bits per heavy atom. The molecule has 0 aromatic carbocycles. The number of carbonyl (C=O) groups is 1. The smallest absolute Gasteiger partial charge is 0.310 e. The molecule has 4 nitrogen and oxygen atoms in total. The molecule has 1 fully saturated rings. The Labute approximate surface area is 97.6 Å². The molecule has 1 atom stereocenters. The number of likely N-dealkylation sites (tertiary alicyclic amines) is 1. The van der Waals surface area contributed by atoms with Crippen LogP contribution < -0.4 is 0 Å². The van der Waals surface area contributed by atoms with Crippen LogP contribution in [0, 0.1) is 5.41 Å². The van der Waals surface area contributed by atoms with E-state index in [1.54, 1.807) is 0 Å². The minimum Gasteiger partial charge on any atom is -0.481 e. The quantitative estimate of drug-likeness (QED) is 0.674. The Bertz CT molecular complexity index is 232. The zero-order valence-corrected chi connectivity index (χ0v) is 10.4. The van der Waals surface area contributed by atoms with Crippen LogP contribution in [0.15, 0.2) is 0 Å². The van der Waals surface area contributed by atoms with Crippen LogP contribution in [0.2, 0.25) is 0 Å². The molecule has 0 aromatic heterocycles. The fourth-order valence-corrected chi connectivity index (χ4v) is 2.20. The number of carboxylic acid groups (broad SMARTS) is 1. The van der Waals surface area contributed by atoms with Crippen molar-refractivity contribution in [3.63, 3.8) is 0 Å². The molecule has 0 aliphatic carbocycles. The van der Waals surface area contributed by atoms with E-state index in [0.717, 1.165) is 32.5 Å². The molecule has 0 spiro atoms. The summed E-state index contributed by atoms with van der Waals surface area (Å²) in [6, 6.07) is 0. The Balaban J connectivity index is 2.31. The van der Waals surface area contributed by atoms with Crippen molar-refractivity contribution in [2.75, 3.05) is 32.8 Å². The van der Waals surface area contributed by atoms with Crippen LogP contribution in [-0.2, 0) is 9.53 Å². The molecule has 0 radical (unpaired) electrons. The van der Waals surface area contributed by atoms with Crippen LogP contribution in [0.3, 0.4) is 0 Å². The van der Waals surface area contributed by atoms with E-state index in [-0.39, 0.29) is 0 Å². The van der Waals surface area contributed by atoms with Crippen molar-refractivity contribution < 1.29 is 14.6 Å². The van der Waals surface area contributed by atoms with Crippen LogP contribution in [0.5, 0.6) is 0 Å². The third-order valence-corrected chi connectivity index (χ3v) is 3.46. The molecule has 0 amide bonds. The fraction of sp³-hybridized carbons (Fsp3) is 0.917. The van der Waals surface area contributed by atoms with Crippen molar-refractivity contribution >= 4 is 5.97 Å². The second-order valence-electron chi connectivity index (χ2n) is 4.58. The Hall–Kier alpha value is -0.610. The van der Waals surface area contributed by atoms with Gasteiger partial charge in [0.15, 0.2) is 0 Å². The van der Waals surface area contributed by atoms with Crippen LogP contribution in [0.25, 0.3) is 0 Å².